The molecule has 104 valence electrons. The molecule has 0 radical (unpaired) electrons. The van der Waals surface area contributed by atoms with Gasteiger partial charge in [-0.2, -0.15) is 13.2 Å². The van der Waals surface area contributed by atoms with E-state index >= 15 is 0 Å². The van der Waals surface area contributed by atoms with Crippen molar-refractivity contribution in [1.82, 2.24) is 14.6 Å². The standard InChI is InChI=1S/C8H6ClF3N4O2S/c9-5-1-2-6-13-14-7(16(6)3-5)15-19(17,18)4-8(10,11)12/h1-3H,4H2,(H,14,15). The summed E-state index contributed by atoms with van der Waals surface area (Å²) >= 11 is 5.69. The first kappa shape index (κ1) is 13.9. The minimum atomic E-state index is -4.84. The molecule has 0 aliphatic heterocycles. The number of nitrogens with zero attached hydrogens (tertiary/aromatic N) is 3. The maximum atomic E-state index is 12.1. The van der Waals surface area contributed by atoms with Gasteiger partial charge in [-0.3, -0.25) is 9.12 Å². The number of anilines is 1. The molecule has 2 heterocycles. The van der Waals surface area contributed by atoms with Crippen LogP contribution in [0.3, 0.4) is 0 Å². The number of rotatable bonds is 3. The van der Waals surface area contributed by atoms with Gasteiger partial charge in [0.1, 0.15) is 0 Å². The highest BCUT2D eigenvalue weighted by atomic mass is 35.5. The van der Waals surface area contributed by atoms with Crippen LogP contribution in [0.15, 0.2) is 18.3 Å². The van der Waals surface area contributed by atoms with Crippen molar-refractivity contribution < 1.29 is 21.6 Å². The lowest BCUT2D eigenvalue weighted by molar-refractivity contribution is -0.106. The van der Waals surface area contributed by atoms with Gasteiger partial charge in [-0.1, -0.05) is 11.6 Å². The highest BCUT2D eigenvalue weighted by Crippen LogP contribution is 2.19. The number of hydrogen-bond donors (Lipinski definition) is 1. The first-order valence-corrected chi connectivity index (χ1v) is 6.77. The van der Waals surface area contributed by atoms with E-state index in [0.717, 1.165) is 4.40 Å². The van der Waals surface area contributed by atoms with Crippen molar-refractivity contribution in [1.29, 1.82) is 0 Å². The Labute approximate surface area is 110 Å². The van der Waals surface area contributed by atoms with Gasteiger partial charge in [-0.15, -0.1) is 10.2 Å². The van der Waals surface area contributed by atoms with Gasteiger partial charge in [0.2, 0.25) is 16.0 Å². The molecule has 2 rings (SSSR count). The number of fused-ring (bicyclic) bond motifs is 1. The molecule has 1 N–H and O–H groups in total. The zero-order valence-electron chi connectivity index (χ0n) is 9.02. The molecular formula is C8H6ClF3N4O2S. The van der Waals surface area contributed by atoms with Crippen LogP contribution >= 0.6 is 11.6 Å². The third kappa shape index (κ3) is 3.47. The Kier molecular flexibility index (Phi) is 3.31. The van der Waals surface area contributed by atoms with E-state index in [4.69, 9.17) is 11.6 Å². The van der Waals surface area contributed by atoms with Gasteiger partial charge in [-0.05, 0) is 12.1 Å². The summed E-state index contributed by atoms with van der Waals surface area (Å²) in [7, 11) is -4.61. The van der Waals surface area contributed by atoms with E-state index in [1.165, 1.54) is 18.3 Å². The topological polar surface area (TPSA) is 76.4 Å². The van der Waals surface area contributed by atoms with E-state index < -0.39 is 22.0 Å². The first-order chi connectivity index (χ1) is 8.66. The van der Waals surface area contributed by atoms with Crippen LogP contribution in [0.2, 0.25) is 5.02 Å². The smallest absolute Gasteiger partial charge is 0.267 e. The molecule has 11 heteroatoms. The third-order valence-electron chi connectivity index (χ3n) is 1.97. The average molecular weight is 315 g/mol. The first-order valence-electron chi connectivity index (χ1n) is 4.74. The quantitative estimate of drug-likeness (QED) is 0.935. The van der Waals surface area contributed by atoms with Crippen LogP contribution in [0.4, 0.5) is 19.1 Å². The molecular weight excluding hydrogens is 309 g/mol. The SMILES string of the molecule is O=S(=O)(CC(F)(F)F)Nc1nnc2ccc(Cl)cn12. The number of halogens is 4. The summed E-state index contributed by atoms with van der Waals surface area (Å²) in [5.41, 5.74) is 0.245. The molecule has 0 amide bonds. The zero-order valence-corrected chi connectivity index (χ0v) is 10.6. The van der Waals surface area contributed by atoms with Gasteiger partial charge < -0.3 is 0 Å². The van der Waals surface area contributed by atoms with Crippen LogP contribution < -0.4 is 4.72 Å². The summed E-state index contributed by atoms with van der Waals surface area (Å²) in [5.74, 6) is -2.36. The van der Waals surface area contributed by atoms with E-state index in [2.05, 4.69) is 10.2 Å². The fourth-order valence-electron chi connectivity index (χ4n) is 1.33. The number of sulfonamides is 1. The Hall–Kier alpha value is -1.55. The van der Waals surface area contributed by atoms with Crippen molar-refractivity contribution in [3.63, 3.8) is 0 Å². The predicted molar refractivity (Wildman–Crippen MR) is 61.5 cm³/mol. The van der Waals surface area contributed by atoms with E-state index in [1.54, 1.807) is 4.72 Å². The highest BCUT2D eigenvalue weighted by molar-refractivity contribution is 7.92. The van der Waals surface area contributed by atoms with Crippen LogP contribution in [-0.2, 0) is 10.0 Å². The second-order valence-electron chi connectivity index (χ2n) is 3.58. The molecule has 0 spiro atoms. The summed E-state index contributed by atoms with van der Waals surface area (Å²) in [6.45, 7) is 0. The van der Waals surface area contributed by atoms with Gasteiger partial charge >= 0.3 is 6.18 Å². The number of hydrogen-bond acceptors (Lipinski definition) is 4. The third-order valence-corrected chi connectivity index (χ3v) is 3.39. The molecule has 0 atom stereocenters. The monoisotopic (exact) mass is 314 g/mol. The number of pyridine rings is 1. The Bertz CT molecular complexity index is 712. The lowest BCUT2D eigenvalue weighted by atomic mass is 10.5. The van der Waals surface area contributed by atoms with Crippen LogP contribution in [-0.4, -0.2) is 34.9 Å². The van der Waals surface area contributed by atoms with Crippen molar-refractivity contribution in [2.45, 2.75) is 6.18 Å². The van der Waals surface area contributed by atoms with Gasteiger partial charge in [-0.25, -0.2) is 8.42 Å². The van der Waals surface area contributed by atoms with Crippen molar-refractivity contribution in [2.24, 2.45) is 0 Å². The minimum absolute atomic E-state index is 0.245. The Morgan fingerprint density at radius 1 is 1.32 bits per heavy atom. The van der Waals surface area contributed by atoms with Gasteiger partial charge in [0.05, 0.1) is 5.02 Å². The summed E-state index contributed by atoms with van der Waals surface area (Å²) in [4.78, 5) is 0. The minimum Gasteiger partial charge on any atom is -0.267 e. The summed E-state index contributed by atoms with van der Waals surface area (Å²) in [6, 6.07) is 2.93. The Balaban J connectivity index is 2.34. The maximum Gasteiger partial charge on any atom is 0.404 e. The molecule has 2 aromatic rings. The molecule has 0 aliphatic rings. The normalized spacial score (nSPS) is 12.8. The molecule has 0 saturated carbocycles. The molecule has 0 aromatic carbocycles. The van der Waals surface area contributed by atoms with E-state index in [0.29, 0.717) is 0 Å². The van der Waals surface area contributed by atoms with Crippen LogP contribution in [0.1, 0.15) is 0 Å². The zero-order chi connectivity index (χ0) is 14.3. The van der Waals surface area contributed by atoms with Gasteiger partial charge in [0.25, 0.3) is 0 Å². The van der Waals surface area contributed by atoms with Crippen LogP contribution in [0.25, 0.3) is 5.65 Å². The van der Waals surface area contributed by atoms with E-state index in [9.17, 15) is 21.6 Å². The Morgan fingerprint density at radius 3 is 2.63 bits per heavy atom. The number of aromatic nitrogens is 3. The molecule has 0 bridgehead atoms. The number of alkyl halides is 3. The average Bonchev–Trinajstić information content (AvgIpc) is 2.56. The van der Waals surface area contributed by atoms with Gasteiger partial charge in [0, 0.05) is 6.20 Å². The molecule has 2 aromatic heterocycles. The lowest BCUT2D eigenvalue weighted by Gasteiger charge is -2.08. The number of nitrogens with one attached hydrogen (secondary N) is 1. The summed E-state index contributed by atoms with van der Waals surface area (Å²) < 4.78 is 61.7. The Morgan fingerprint density at radius 2 is 2.00 bits per heavy atom. The summed E-state index contributed by atoms with van der Waals surface area (Å²) in [6.07, 6.45) is -3.56. The van der Waals surface area contributed by atoms with Crippen molar-refractivity contribution in [3.05, 3.63) is 23.4 Å². The van der Waals surface area contributed by atoms with Gasteiger partial charge in [0.15, 0.2) is 11.4 Å². The fraction of sp³-hybridized carbons (Fsp3) is 0.250. The summed E-state index contributed by atoms with van der Waals surface area (Å²) in [5, 5.41) is 7.29. The molecule has 0 aliphatic carbocycles. The second-order valence-corrected chi connectivity index (χ2v) is 5.73. The molecule has 0 saturated heterocycles. The highest BCUT2D eigenvalue weighted by Gasteiger charge is 2.35. The van der Waals surface area contributed by atoms with Crippen molar-refractivity contribution in [3.8, 4) is 0 Å². The predicted octanol–water partition coefficient (Wildman–Crippen LogP) is 1.69. The molecule has 0 unspecified atom stereocenters. The lowest BCUT2D eigenvalue weighted by Crippen LogP contribution is -2.28. The molecule has 19 heavy (non-hydrogen) atoms. The van der Waals surface area contributed by atoms with Crippen LogP contribution in [0.5, 0.6) is 0 Å². The maximum absolute atomic E-state index is 12.1. The molecule has 0 fully saturated rings. The van der Waals surface area contributed by atoms with E-state index in [-0.39, 0.29) is 16.6 Å². The van der Waals surface area contributed by atoms with Crippen molar-refractivity contribution >= 4 is 33.2 Å². The van der Waals surface area contributed by atoms with Crippen LogP contribution in [0, 0.1) is 0 Å². The second kappa shape index (κ2) is 4.53. The van der Waals surface area contributed by atoms with E-state index in [1.807, 2.05) is 0 Å². The van der Waals surface area contributed by atoms with Crippen molar-refractivity contribution in [2.75, 3.05) is 10.5 Å². The largest absolute Gasteiger partial charge is 0.404 e. The fourth-order valence-corrected chi connectivity index (χ4v) is 2.41. The molecule has 6 nitrogen and oxygen atoms in total.